The molecule has 0 unspecified atom stereocenters. The molecule has 92 valence electrons. The quantitative estimate of drug-likeness (QED) is 0.785. The van der Waals surface area contributed by atoms with Gasteiger partial charge in [-0.2, -0.15) is 0 Å². The van der Waals surface area contributed by atoms with Gasteiger partial charge in [0.2, 0.25) is 0 Å². The molecule has 1 heterocycles. The van der Waals surface area contributed by atoms with E-state index in [4.69, 9.17) is 0 Å². The van der Waals surface area contributed by atoms with Crippen LogP contribution in [-0.4, -0.2) is 15.8 Å². The summed E-state index contributed by atoms with van der Waals surface area (Å²) in [6.45, 7) is 5.27. The molecule has 0 saturated heterocycles. The van der Waals surface area contributed by atoms with Crippen molar-refractivity contribution in [2.75, 3.05) is 5.43 Å². The molecule has 0 aliphatic carbocycles. The molecule has 1 aromatic heterocycles. The number of nitrogens with one attached hydrogen (secondary N) is 2. The number of Topliss-reactive ketones (excluding diaryl/α,β-unsaturated/α-hetero) is 1. The Morgan fingerprint density at radius 2 is 2.11 bits per heavy atom. The van der Waals surface area contributed by atoms with Crippen molar-refractivity contribution in [3.63, 3.8) is 0 Å². The fourth-order valence-corrected chi connectivity index (χ4v) is 1.60. The van der Waals surface area contributed by atoms with Crippen molar-refractivity contribution < 1.29 is 4.79 Å². The van der Waals surface area contributed by atoms with Gasteiger partial charge in [0.25, 0.3) is 0 Å². The van der Waals surface area contributed by atoms with Crippen LogP contribution in [0.5, 0.6) is 0 Å². The molecule has 0 spiro atoms. The molecule has 0 bridgehead atoms. The van der Waals surface area contributed by atoms with E-state index in [-0.39, 0.29) is 12.2 Å². The molecule has 2 rings (SSSR count). The van der Waals surface area contributed by atoms with Gasteiger partial charge in [0.15, 0.2) is 5.82 Å². The summed E-state index contributed by atoms with van der Waals surface area (Å²) in [5.41, 5.74) is 7.26. The van der Waals surface area contributed by atoms with Crippen LogP contribution >= 0.6 is 0 Å². The molecule has 5 heteroatoms. The van der Waals surface area contributed by atoms with E-state index in [1.54, 1.807) is 0 Å². The second-order valence-electron chi connectivity index (χ2n) is 3.97. The molecule has 5 nitrogen and oxygen atoms in total. The maximum Gasteiger partial charge on any atom is 0.155 e. The van der Waals surface area contributed by atoms with Crippen molar-refractivity contribution >= 4 is 22.5 Å². The predicted octanol–water partition coefficient (Wildman–Crippen LogP) is 2.04. The van der Waals surface area contributed by atoms with Crippen LogP contribution in [0.1, 0.15) is 13.3 Å². The summed E-state index contributed by atoms with van der Waals surface area (Å²) in [6, 6.07) is 7.67. The lowest BCUT2D eigenvalue weighted by atomic mass is 10.2. The molecular formula is C13H14N4O. The molecular weight excluding hydrogens is 228 g/mol. The number of allylic oxidation sites excluding steroid dienone is 1. The van der Waals surface area contributed by atoms with Gasteiger partial charge in [0.05, 0.1) is 5.52 Å². The van der Waals surface area contributed by atoms with Gasteiger partial charge >= 0.3 is 0 Å². The topological polar surface area (TPSA) is 66.9 Å². The summed E-state index contributed by atoms with van der Waals surface area (Å²) in [4.78, 5) is 19.2. The number of aromatic nitrogens is 2. The molecule has 0 saturated carbocycles. The number of fused-ring (bicyclic) bond motifs is 1. The Kier molecular flexibility index (Phi) is 3.52. The third-order valence-electron chi connectivity index (χ3n) is 2.36. The fourth-order valence-electron chi connectivity index (χ4n) is 1.60. The van der Waals surface area contributed by atoms with E-state index in [0.717, 1.165) is 10.9 Å². The van der Waals surface area contributed by atoms with Crippen LogP contribution in [-0.2, 0) is 4.79 Å². The summed E-state index contributed by atoms with van der Waals surface area (Å²) in [6.07, 6.45) is 1.77. The van der Waals surface area contributed by atoms with Gasteiger partial charge in [0.1, 0.15) is 12.1 Å². The minimum absolute atomic E-state index is 0.0573. The zero-order valence-corrected chi connectivity index (χ0v) is 10.1. The molecule has 0 amide bonds. The van der Waals surface area contributed by atoms with Gasteiger partial charge in [-0.3, -0.25) is 10.2 Å². The SMILES string of the molecule is C=C(CC(C)=O)NNc1ncnc2ccccc12. The number of para-hydroxylation sites is 1. The maximum absolute atomic E-state index is 10.9. The normalized spacial score (nSPS) is 10.1. The number of carbonyl (C=O) groups is 1. The van der Waals surface area contributed by atoms with Crippen molar-refractivity contribution in [1.29, 1.82) is 0 Å². The Hall–Kier alpha value is -2.43. The molecule has 0 aliphatic heterocycles. The summed E-state index contributed by atoms with van der Waals surface area (Å²) >= 11 is 0. The van der Waals surface area contributed by atoms with Gasteiger partial charge in [-0.1, -0.05) is 18.7 Å². The second kappa shape index (κ2) is 5.27. The van der Waals surface area contributed by atoms with Crippen LogP contribution in [0.4, 0.5) is 5.82 Å². The molecule has 0 radical (unpaired) electrons. The smallest absolute Gasteiger partial charge is 0.155 e. The Morgan fingerprint density at radius 1 is 1.33 bits per heavy atom. The minimum Gasteiger partial charge on any atom is -0.304 e. The zero-order valence-electron chi connectivity index (χ0n) is 10.1. The molecule has 2 aromatic rings. The molecule has 18 heavy (non-hydrogen) atoms. The standard InChI is InChI=1S/C13H14N4O/c1-9(7-10(2)18)16-17-13-11-5-3-4-6-12(11)14-8-15-13/h3-6,8,16H,1,7H2,2H3,(H,14,15,17). The Labute approximate surface area is 105 Å². The van der Waals surface area contributed by atoms with Crippen molar-refractivity contribution in [2.45, 2.75) is 13.3 Å². The Bertz CT molecular complexity index is 589. The largest absolute Gasteiger partial charge is 0.304 e. The maximum atomic E-state index is 10.9. The highest BCUT2D eigenvalue weighted by molar-refractivity contribution is 5.88. The molecule has 0 atom stereocenters. The number of ketones is 1. The van der Waals surface area contributed by atoms with Gasteiger partial charge in [-0.25, -0.2) is 9.97 Å². The number of anilines is 1. The van der Waals surface area contributed by atoms with E-state index in [2.05, 4.69) is 27.4 Å². The van der Waals surface area contributed by atoms with Crippen molar-refractivity contribution in [2.24, 2.45) is 0 Å². The average molecular weight is 242 g/mol. The van der Waals surface area contributed by atoms with Gasteiger partial charge in [-0.05, 0) is 19.1 Å². The third-order valence-corrected chi connectivity index (χ3v) is 2.36. The van der Waals surface area contributed by atoms with Crippen LogP contribution < -0.4 is 10.9 Å². The van der Waals surface area contributed by atoms with Crippen LogP contribution in [0.15, 0.2) is 42.9 Å². The highest BCUT2D eigenvalue weighted by Gasteiger charge is 2.03. The van der Waals surface area contributed by atoms with E-state index in [1.165, 1.54) is 13.3 Å². The lowest BCUT2D eigenvalue weighted by molar-refractivity contribution is -0.116. The zero-order chi connectivity index (χ0) is 13.0. The fraction of sp³-hybridized carbons (Fsp3) is 0.154. The van der Waals surface area contributed by atoms with Crippen molar-refractivity contribution in [3.8, 4) is 0 Å². The number of carbonyl (C=O) groups excluding carboxylic acids is 1. The lowest BCUT2D eigenvalue weighted by Gasteiger charge is -2.11. The van der Waals surface area contributed by atoms with Crippen molar-refractivity contribution in [3.05, 3.63) is 42.9 Å². The third kappa shape index (κ3) is 2.82. The van der Waals surface area contributed by atoms with E-state index in [9.17, 15) is 4.79 Å². The van der Waals surface area contributed by atoms with Crippen LogP contribution in [0.3, 0.4) is 0 Å². The molecule has 0 fully saturated rings. The Balaban J connectivity index is 2.12. The molecule has 2 N–H and O–H groups in total. The predicted molar refractivity (Wildman–Crippen MR) is 70.7 cm³/mol. The summed E-state index contributed by atoms with van der Waals surface area (Å²) in [5.74, 6) is 0.715. The van der Waals surface area contributed by atoms with E-state index < -0.39 is 0 Å². The second-order valence-corrected chi connectivity index (χ2v) is 3.97. The van der Waals surface area contributed by atoms with E-state index >= 15 is 0 Å². The van der Waals surface area contributed by atoms with Crippen LogP contribution in [0.2, 0.25) is 0 Å². The number of nitrogens with zero attached hydrogens (tertiary/aromatic N) is 2. The minimum atomic E-state index is 0.0573. The first-order valence-corrected chi connectivity index (χ1v) is 5.56. The number of hydrazine groups is 1. The van der Waals surface area contributed by atoms with Crippen LogP contribution in [0, 0.1) is 0 Å². The van der Waals surface area contributed by atoms with Gasteiger partial charge in [-0.15, -0.1) is 0 Å². The first-order chi connectivity index (χ1) is 8.66. The molecule has 0 aliphatic rings. The van der Waals surface area contributed by atoms with Gasteiger partial charge in [0, 0.05) is 17.5 Å². The average Bonchev–Trinajstić information content (AvgIpc) is 2.35. The number of benzene rings is 1. The highest BCUT2D eigenvalue weighted by atomic mass is 16.1. The number of hydrogen-bond acceptors (Lipinski definition) is 5. The van der Waals surface area contributed by atoms with Gasteiger partial charge < -0.3 is 5.43 Å². The van der Waals surface area contributed by atoms with E-state index in [1.807, 2.05) is 24.3 Å². The first kappa shape index (κ1) is 12.0. The highest BCUT2D eigenvalue weighted by Crippen LogP contribution is 2.17. The monoisotopic (exact) mass is 242 g/mol. The first-order valence-electron chi connectivity index (χ1n) is 5.56. The molecule has 1 aromatic carbocycles. The summed E-state index contributed by atoms with van der Waals surface area (Å²) < 4.78 is 0. The summed E-state index contributed by atoms with van der Waals surface area (Å²) in [7, 11) is 0. The lowest BCUT2D eigenvalue weighted by Crippen LogP contribution is -2.22. The number of hydrogen-bond donors (Lipinski definition) is 2. The summed E-state index contributed by atoms with van der Waals surface area (Å²) in [5, 5.41) is 0.906. The van der Waals surface area contributed by atoms with Crippen molar-refractivity contribution in [1.82, 2.24) is 15.4 Å². The van der Waals surface area contributed by atoms with E-state index in [0.29, 0.717) is 11.5 Å². The number of rotatable bonds is 5. The Morgan fingerprint density at radius 3 is 2.89 bits per heavy atom. The van der Waals surface area contributed by atoms with Crippen LogP contribution in [0.25, 0.3) is 10.9 Å².